The van der Waals surface area contributed by atoms with Gasteiger partial charge in [-0.2, -0.15) is 4.98 Å². The van der Waals surface area contributed by atoms with Crippen LogP contribution < -0.4 is 10.1 Å². The molecule has 0 radical (unpaired) electrons. The number of allylic oxidation sites excluding steroid dienone is 4. The molecule has 0 bridgehead atoms. The second kappa shape index (κ2) is 9.80. The van der Waals surface area contributed by atoms with Gasteiger partial charge < -0.3 is 14.5 Å². The van der Waals surface area contributed by atoms with E-state index in [2.05, 4.69) is 28.4 Å². The van der Waals surface area contributed by atoms with Gasteiger partial charge in [0.15, 0.2) is 5.65 Å². The minimum Gasteiger partial charge on any atom is -0.492 e. The van der Waals surface area contributed by atoms with Crippen molar-refractivity contribution in [3.8, 4) is 5.75 Å². The van der Waals surface area contributed by atoms with Crippen molar-refractivity contribution >= 4 is 28.4 Å². The normalized spacial score (nSPS) is 16.3. The molecule has 0 saturated carbocycles. The number of benzene rings is 1. The van der Waals surface area contributed by atoms with Crippen molar-refractivity contribution < 1.29 is 9.15 Å². The minimum absolute atomic E-state index is 0.571. The summed E-state index contributed by atoms with van der Waals surface area (Å²) >= 11 is 0. The fourth-order valence-corrected chi connectivity index (χ4v) is 4.80. The molecule has 1 aliphatic carbocycles. The Kier molecular flexibility index (Phi) is 6.07. The van der Waals surface area contributed by atoms with E-state index in [1.807, 2.05) is 47.0 Å². The lowest BCUT2D eigenvalue weighted by Gasteiger charge is -2.15. The van der Waals surface area contributed by atoms with Crippen molar-refractivity contribution in [2.45, 2.75) is 25.7 Å². The smallest absolute Gasteiger partial charge is 0.247 e. The first-order valence-electron chi connectivity index (χ1n) is 12.3. The lowest BCUT2D eigenvalue weighted by molar-refractivity contribution is 0.238. The number of hydrogen-bond acceptors (Lipinski definition) is 6. The van der Waals surface area contributed by atoms with Crippen LogP contribution in [0.5, 0.6) is 5.75 Å². The van der Waals surface area contributed by atoms with E-state index in [9.17, 15) is 0 Å². The van der Waals surface area contributed by atoms with Gasteiger partial charge >= 0.3 is 0 Å². The third-order valence-corrected chi connectivity index (χ3v) is 6.64. The van der Waals surface area contributed by atoms with Crippen LogP contribution in [0.2, 0.25) is 0 Å². The number of aromatic nitrogens is 3. The number of pyridine rings is 1. The molecule has 35 heavy (non-hydrogen) atoms. The van der Waals surface area contributed by atoms with Gasteiger partial charge in [0.25, 0.3) is 0 Å². The van der Waals surface area contributed by atoms with Crippen molar-refractivity contribution in [1.29, 1.82) is 0 Å². The van der Waals surface area contributed by atoms with Gasteiger partial charge in [-0.3, -0.25) is 4.90 Å². The molecule has 1 N–H and O–H groups in total. The van der Waals surface area contributed by atoms with Gasteiger partial charge in [0, 0.05) is 17.8 Å². The van der Waals surface area contributed by atoms with E-state index in [-0.39, 0.29) is 0 Å². The summed E-state index contributed by atoms with van der Waals surface area (Å²) in [5.74, 6) is 1.45. The number of anilines is 2. The SMILES string of the molecule is C1=C(c2ccoc2)C=C(c2cccc3nc(Nc4ccc(OCCN5CCCC5)cc4)nn23)CC1. The number of nitrogens with zero attached hydrogens (tertiary/aromatic N) is 4. The average molecular weight is 468 g/mol. The molecule has 1 aromatic carbocycles. The monoisotopic (exact) mass is 467 g/mol. The zero-order valence-corrected chi connectivity index (χ0v) is 19.7. The van der Waals surface area contributed by atoms with Gasteiger partial charge in [-0.05, 0) is 98.5 Å². The van der Waals surface area contributed by atoms with Crippen LogP contribution in [-0.2, 0) is 0 Å². The summed E-state index contributed by atoms with van der Waals surface area (Å²) in [5.41, 5.74) is 6.31. The Morgan fingerprint density at radius 2 is 1.91 bits per heavy atom. The molecule has 0 unspecified atom stereocenters. The Morgan fingerprint density at radius 3 is 2.74 bits per heavy atom. The zero-order chi connectivity index (χ0) is 23.5. The van der Waals surface area contributed by atoms with Gasteiger partial charge in [0.05, 0.1) is 18.2 Å². The summed E-state index contributed by atoms with van der Waals surface area (Å²) in [6, 6.07) is 16.1. The van der Waals surface area contributed by atoms with Gasteiger partial charge in [0.1, 0.15) is 12.4 Å². The van der Waals surface area contributed by atoms with Crippen molar-refractivity contribution in [2.75, 3.05) is 31.6 Å². The molecule has 2 aliphatic rings. The molecule has 1 aliphatic heterocycles. The van der Waals surface area contributed by atoms with Crippen LogP contribution in [0.1, 0.15) is 36.9 Å². The van der Waals surface area contributed by atoms with Crippen LogP contribution in [0.25, 0.3) is 16.8 Å². The molecule has 4 aromatic rings. The van der Waals surface area contributed by atoms with Crippen LogP contribution in [0.3, 0.4) is 0 Å². The standard InChI is InChI=1S/C28H29N5O2/c1-2-15-32(14-1)16-18-35-25-11-9-24(10-12-25)29-28-30-27-8-4-7-26(33(27)31-28)22-6-3-5-21(19-22)23-13-17-34-20-23/h4-5,7-13,17,19-20H,1-3,6,14-16,18H2,(H,29,31). The fraction of sp³-hybridized carbons (Fsp3) is 0.286. The van der Waals surface area contributed by atoms with Crippen LogP contribution >= 0.6 is 0 Å². The summed E-state index contributed by atoms with van der Waals surface area (Å²) in [4.78, 5) is 7.15. The molecule has 0 spiro atoms. The van der Waals surface area contributed by atoms with Crippen molar-refractivity contribution in [3.05, 3.63) is 84.5 Å². The minimum atomic E-state index is 0.571. The van der Waals surface area contributed by atoms with Crippen molar-refractivity contribution in [3.63, 3.8) is 0 Å². The fourth-order valence-electron chi connectivity index (χ4n) is 4.80. The van der Waals surface area contributed by atoms with E-state index in [0.29, 0.717) is 5.95 Å². The van der Waals surface area contributed by atoms with Crippen molar-refractivity contribution in [1.82, 2.24) is 19.5 Å². The first-order valence-corrected chi connectivity index (χ1v) is 12.3. The summed E-state index contributed by atoms with van der Waals surface area (Å²) < 4.78 is 13.1. The highest BCUT2D eigenvalue weighted by molar-refractivity contribution is 5.85. The third kappa shape index (κ3) is 4.86. The first kappa shape index (κ1) is 21.7. The number of furan rings is 1. The summed E-state index contributed by atoms with van der Waals surface area (Å²) in [5, 5.41) is 8.10. The Bertz CT molecular complexity index is 1350. The molecule has 6 rings (SSSR count). The maximum Gasteiger partial charge on any atom is 0.247 e. The van der Waals surface area contributed by atoms with E-state index in [0.717, 1.165) is 54.3 Å². The van der Waals surface area contributed by atoms with Gasteiger partial charge in [0.2, 0.25) is 5.95 Å². The predicted octanol–water partition coefficient (Wildman–Crippen LogP) is 5.80. The predicted molar refractivity (Wildman–Crippen MR) is 138 cm³/mol. The quantitative estimate of drug-likeness (QED) is 0.353. The first-order chi connectivity index (χ1) is 17.3. The molecule has 3 aromatic heterocycles. The van der Waals surface area contributed by atoms with E-state index in [4.69, 9.17) is 19.2 Å². The van der Waals surface area contributed by atoms with Gasteiger partial charge in [-0.15, -0.1) is 5.10 Å². The number of fused-ring (bicyclic) bond motifs is 1. The summed E-state index contributed by atoms with van der Waals surface area (Å²) in [6.07, 6.45) is 12.5. The lowest BCUT2D eigenvalue weighted by atomic mass is 9.94. The largest absolute Gasteiger partial charge is 0.492 e. The van der Waals surface area contributed by atoms with Crippen LogP contribution in [0, 0.1) is 0 Å². The maximum atomic E-state index is 5.92. The molecule has 1 saturated heterocycles. The third-order valence-electron chi connectivity index (χ3n) is 6.64. The van der Waals surface area contributed by atoms with Crippen LogP contribution in [-0.4, -0.2) is 45.7 Å². The molecule has 0 amide bonds. The van der Waals surface area contributed by atoms with Crippen molar-refractivity contribution in [2.24, 2.45) is 0 Å². The maximum absolute atomic E-state index is 5.92. The number of ether oxygens (including phenoxy) is 1. The zero-order valence-electron chi connectivity index (χ0n) is 19.7. The van der Waals surface area contributed by atoms with Crippen LogP contribution in [0.4, 0.5) is 11.6 Å². The Hall–Kier alpha value is -3.84. The van der Waals surface area contributed by atoms with Gasteiger partial charge in [-0.1, -0.05) is 12.1 Å². The lowest BCUT2D eigenvalue weighted by Crippen LogP contribution is -2.25. The highest BCUT2D eigenvalue weighted by Crippen LogP contribution is 2.31. The summed E-state index contributed by atoms with van der Waals surface area (Å²) in [6.45, 7) is 4.10. The van der Waals surface area contributed by atoms with Crippen LogP contribution in [0.15, 0.2) is 77.6 Å². The van der Waals surface area contributed by atoms with Gasteiger partial charge in [-0.25, -0.2) is 4.52 Å². The number of nitrogens with one attached hydrogen (secondary N) is 1. The molecule has 1 fully saturated rings. The average Bonchev–Trinajstić information content (AvgIpc) is 3.67. The molecule has 178 valence electrons. The number of rotatable bonds is 8. The molecular formula is C28H29N5O2. The second-order valence-electron chi connectivity index (χ2n) is 9.04. The van der Waals surface area contributed by atoms with E-state index in [1.54, 1.807) is 12.5 Å². The topological polar surface area (TPSA) is 67.8 Å². The highest BCUT2D eigenvalue weighted by atomic mass is 16.5. The number of likely N-dealkylation sites (tertiary alicyclic amines) is 1. The second-order valence-corrected chi connectivity index (χ2v) is 9.04. The molecule has 0 atom stereocenters. The van der Waals surface area contributed by atoms with E-state index >= 15 is 0 Å². The summed E-state index contributed by atoms with van der Waals surface area (Å²) in [7, 11) is 0. The Balaban J connectivity index is 1.16. The van der Waals surface area contributed by atoms with E-state index in [1.165, 1.54) is 37.1 Å². The Labute approximate surface area is 204 Å². The van der Waals surface area contributed by atoms with E-state index < -0.39 is 0 Å². The Morgan fingerprint density at radius 1 is 1.03 bits per heavy atom. The molecular weight excluding hydrogens is 438 g/mol. The molecule has 7 heteroatoms. The molecule has 4 heterocycles. The molecule has 7 nitrogen and oxygen atoms in total. The number of hydrogen-bond donors (Lipinski definition) is 1. The highest BCUT2D eigenvalue weighted by Gasteiger charge is 2.15.